The first-order chi connectivity index (χ1) is 9.01. The topological polar surface area (TPSA) is 85.5 Å². The second kappa shape index (κ2) is 5.98. The zero-order chi connectivity index (χ0) is 13.9. The van der Waals surface area contributed by atoms with Crippen LogP contribution in [0.2, 0.25) is 0 Å². The van der Waals surface area contributed by atoms with Crippen molar-refractivity contribution in [3.05, 3.63) is 11.7 Å². The molecule has 0 spiro atoms. The minimum atomic E-state index is -3.07. The van der Waals surface area contributed by atoms with Gasteiger partial charge in [-0.2, -0.15) is 4.98 Å². The van der Waals surface area contributed by atoms with Crippen LogP contribution in [-0.4, -0.2) is 47.8 Å². The maximum absolute atomic E-state index is 11.7. The van der Waals surface area contributed by atoms with Gasteiger partial charge in [0.15, 0.2) is 5.82 Å². The Morgan fingerprint density at radius 3 is 2.63 bits per heavy atom. The molecular formula is C11H19N3O4S. The van der Waals surface area contributed by atoms with Crippen molar-refractivity contribution >= 4 is 10.0 Å². The van der Waals surface area contributed by atoms with Crippen LogP contribution in [0.25, 0.3) is 0 Å². The van der Waals surface area contributed by atoms with E-state index in [0.717, 1.165) is 0 Å². The third kappa shape index (κ3) is 3.74. The van der Waals surface area contributed by atoms with Crippen molar-refractivity contribution < 1.29 is 17.7 Å². The number of nitrogens with zero attached hydrogens (tertiary/aromatic N) is 3. The van der Waals surface area contributed by atoms with Crippen molar-refractivity contribution in [2.75, 3.05) is 18.8 Å². The second-order valence-electron chi connectivity index (χ2n) is 4.55. The molecule has 1 aliphatic heterocycles. The number of piperidine rings is 1. The number of aromatic nitrogens is 2. The molecule has 0 saturated carbocycles. The first kappa shape index (κ1) is 14.4. The maximum Gasteiger partial charge on any atom is 0.252 e. The molecule has 1 aromatic rings. The maximum atomic E-state index is 11.7. The fraction of sp³-hybridized carbons (Fsp3) is 0.818. The molecule has 7 nitrogen and oxygen atoms in total. The van der Waals surface area contributed by atoms with Crippen LogP contribution >= 0.6 is 0 Å². The Morgan fingerprint density at radius 1 is 1.42 bits per heavy atom. The van der Waals surface area contributed by atoms with Gasteiger partial charge in [-0.1, -0.05) is 5.16 Å². The third-order valence-electron chi connectivity index (χ3n) is 3.17. The van der Waals surface area contributed by atoms with Gasteiger partial charge < -0.3 is 9.26 Å². The Kier molecular flexibility index (Phi) is 4.54. The average Bonchev–Trinajstić information content (AvgIpc) is 2.83. The Bertz CT molecular complexity index is 506. The minimum Gasteiger partial charge on any atom is -0.368 e. The van der Waals surface area contributed by atoms with Crippen LogP contribution in [0.4, 0.5) is 0 Å². The molecule has 1 aliphatic rings. The second-order valence-corrected chi connectivity index (χ2v) is 6.80. The van der Waals surface area contributed by atoms with E-state index in [4.69, 9.17) is 9.26 Å². The summed E-state index contributed by atoms with van der Waals surface area (Å²) in [6.45, 7) is 4.73. The number of hydrogen-bond donors (Lipinski definition) is 0. The van der Waals surface area contributed by atoms with Gasteiger partial charge in [-0.25, -0.2) is 12.7 Å². The number of ether oxygens (including phenoxy) is 1. The van der Waals surface area contributed by atoms with Crippen LogP contribution in [0.3, 0.4) is 0 Å². The summed E-state index contributed by atoms with van der Waals surface area (Å²) in [5.41, 5.74) is 0. The highest BCUT2D eigenvalue weighted by Crippen LogP contribution is 2.18. The van der Waals surface area contributed by atoms with Gasteiger partial charge >= 0.3 is 0 Å². The Morgan fingerprint density at radius 2 is 2.11 bits per heavy atom. The monoisotopic (exact) mass is 289 g/mol. The molecule has 0 radical (unpaired) electrons. The molecule has 108 valence electrons. The van der Waals surface area contributed by atoms with Crippen molar-refractivity contribution in [1.82, 2.24) is 14.4 Å². The van der Waals surface area contributed by atoms with E-state index in [0.29, 0.717) is 37.6 Å². The Labute approximate surface area is 113 Å². The quantitative estimate of drug-likeness (QED) is 0.793. The van der Waals surface area contributed by atoms with Gasteiger partial charge in [0.25, 0.3) is 5.89 Å². The predicted octanol–water partition coefficient (Wildman–Crippen LogP) is 0.709. The van der Waals surface area contributed by atoms with E-state index in [9.17, 15) is 8.42 Å². The molecule has 0 bridgehead atoms. The van der Waals surface area contributed by atoms with Crippen LogP contribution in [-0.2, 0) is 21.4 Å². The summed E-state index contributed by atoms with van der Waals surface area (Å²) >= 11 is 0. The van der Waals surface area contributed by atoms with E-state index >= 15 is 0 Å². The van der Waals surface area contributed by atoms with Gasteiger partial charge in [0.1, 0.15) is 6.61 Å². The lowest BCUT2D eigenvalue weighted by Gasteiger charge is -2.30. The minimum absolute atomic E-state index is 0.0514. The lowest BCUT2D eigenvalue weighted by molar-refractivity contribution is -0.00117. The molecule has 0 aromatic carbocycles. The molecule has 0 amide bonds. The Balaban J connectivity index is 1.78. The summed E-state index contributed by atoms with van der Waals surface area (Å²) in [6.07, 6.45) is 1.45. The highest BCUT2D eigenvalue weighted by atomic mass is 32.2. The molecule has 8 heteroatoms. The molecule has 1 aromatic heterocycles. The van der Waals surface area contributed by atoms with Crippen LogP contribution in [0.5, 0.6) is 0 Å². The van der Waals surface area contributed by atoms with Crippen molar-refractivity contribution in [2.45, 2.75) is 39.4 Å². The molecule has 0 unspecified atom stereocenters. The van der Waals surface area contributed by atoms with Crippen LogP contribution in [0.15, 0.2) is 4.52 Å². The molecule has 19 heavy (non-hydrogen) atoms. The first-order valence-corrected chi connectivity index (χ1v) is 8.01. The van der Waals surface area contributed by atoms with E-state index in [-0.39, 0.29) is 18.5 Å². The molecular weight excluding hydrogens is 270 g/mol. The summed E-state index contributed by atoms with van der Waals surface area (Å²) in [6, 6.07) is 0. The molecule has 2 rings (SSSR count). The van der Waals surface area contributed by atoms with Crippen molar-refractivity contribution in [3.63, 3.8) is 0 Å². The summed E-state index contributed by atoms with van der Waals surface area (Å²) in [7, 11) is -3.07. The summed E-state index contributed by atoms with van der Waals surface area (Å²) < 4.78 is 35.5. The van der Waals surface area contributed by atoms with E-state index in [1.54, 1.807) is 13.8 Å². The molecule has 0 aliphatic carbocycles. The molecule has 0 atom stereocenters. The lowest BCUT2D eigenvalue weighted by atomic mass is 10.1. The van der Waals surface area contributed by atoms with Crippen molar-refractivity contribution in [3.8, 4) is 0 Å². The summed E-state index contributed by atoms with van der Waals surface area (Å²) in [5, 5.41) is 3.68. The van der Waals surface area contributed by atoms with E-state index < -0.39 is 10.0 Å². The van der Waals surface area contributed by atoms with Crippen LogP contribution in [0.1, 0.15) is 31.5 Å². The highest BCUT2D eigenvalue weighted by molar-refractivity contribution is 7.89. The van der Waals surface area contributed by atoms with Gasteiger partial charge in [-0.3, -0.25) is 0 Å². The molecule has 0 N–H and O–H groups in total. The lowest BCUT2D eigenvalue weighted by Crippen LogP contribution is -2.41. The van der Waals surface area contributed by atoms with Gasteiger partial charge in [0.05, 0.1) is 11.9 Å². The third-order valence-corrected chi connectivity index (χ3v) is 5.05. The van der Waals surface area contributed by atoms with Crippen LogP contribution in [0, 0.1) is 6.92 Å². The zero-order valence-corrected chi connectivity index (χ0v) is 12.0. The Hall–Kier alpha value is -0.990. The van der Waals surface area contributed by atoms with Crippen molar-refractivity contribution in [2.24, 2.45) is 0 Å². The molecule has 2 heterocycles. The fourth-order valence-electron chi connectivity index (χ4n) is 2.05. The van der Waals surface area contributed by atoms with Crippen LogP contribution < -0.4 is 0 Å². The largest absolute Gasteiger partial charge is 0.368 e. The van der Waals surface area contributed by atoms with E-state index in [2.05, 4.69) is 10.1 Å². The average molecular weight is 289 g/mol. The highest BCUT2D eigenvalue weighted by Gasteiger charge is 2.27. The number of hydrogen-bond acceptors (Lipinski definition) is 6. The first-order valence-electron chi connectivity index (χ1n) is 6.40. The normalized spacial score (nSPS) is 18.8. The summed E-state index contributed by atoms with van der Waals surface area (Å²) in [5.74, 6) is 1.20. The number of aryl methyl sites for hydroxylation is 1. The van der Waals surface area contributed by atoms with Crippen molar-refractivity contribution in [1.29, 1.82) is 0 Å². The van der Waals surface area contributed by atoms with Gasteiger partial charge in [0, 0.05) is 13.1 Å². The van der Waals surface area contributed by atoms with E-state index in [1.807, 2.05) is 0 Å². The predicted molar refractivity (Wildman–Crippen MR) is 67.9 cm³/mol. The number of rotatable bonds is 5. The summed E-state index contributed by atoms with van der Waals surface area (Å²) in [4.78, 5) is 4.05. The van der Waals surface area contributed by atoms with Gasteiger partial charge in [-0.05, 0) is 26.7 Å². The molecule has 1 saturated heterocycles. The number of sulfonamides is 1. The SMILES string of the molecule is CCS(=O)(=O)N1CCC(OCc2nc(C)no2)CC1. The van der Waals surface area contributed by atoms with Gasteiger partial charge in [0.2, 0.25) is 10.0 Å². The fourth-order valence-corrected chi connectivity index (χ4v) is 3.18. The smallest absolute Gasteiger partial charge is 0.252 e. The molecule has 1 fully saturated rings. The zero-order valence-electron chi connectivity index (χ0n) is 11.2. The van der Waals surface area contributed by atoms with E-state index in [1.165, 1.54) is 4.31 Å². The van der Waals surface area contributed by atoms with Gasteiger partial charge in [-0.15, -0.1) is 0 Å². The standard InChI is InChI=1S/C11H19N3O4S/c1-3-19(15,16)14-6-4-10(5-7-14)17-8-11-12-9(2)13-18-11/h10H,3-8H2,1-2H3.